The third-order valence-electron chi connectivity index (χ3n) is 10.9. The second-order valence-electron chi connectivity index (χ2n) is 16.5. The molecule has 0 spiro atoms. The van der Waals surface area contributed by atoms with Crippen LogP contribution < -0.4 is 0 Å². The summed E-state index contributed by atoms with van der Waals surface area (Å²) in [6.45, 7) is 4.82. The summed E-state index contributed by atoms with van der Waals surface area (Å²) in [5.41, 5.74) is 0. The molecule has 0 aliphatic carbocycles. The molecular weight excluding hydrogens is 695 g/mol. The molecule has 0 aliphatic rings. The number of rotatable bonds is 46. The van der Waals surface area contributed by atoms with Gasteiger partial charge < -0.3 is 19.3 Å². The number of hydrogen-bond donors (Lipinski definition) is 2. The lowest BCUT2D eigenvalue weighted by atomic mass is 10.0. The summed E-state index contributed by atoms with van der Waals surface area (Å²) in [6.07, 6.45) is 49.7. The van der Waals surface area contributed by atoms with Crippen molar-refractivity contribution in [3.63, 3.8) is 0 Å². The smallest absolute Gasteiger partial charge is 0.457 e. The molecule has 0 saturated carbocycles. The van der Waals surface area contributed by atoms with Crippen LogP contribution in [0.2, 0.25) is 0 Å². The van der Waals surface area contributed by atoms with E-state index in [0.29, 0.717) is 13.0 Å². The van der Waals surface area contributed by atoms with Crippen LogP contribution >= 0.6 is 7.82 Å². The van der Waals surface area contributed by atoms with Gasteiger partial charge in [-0.1, -0.05) is 245 Å². The first-order valence-corrected chi connectivity index (χ1v) is 25.4. The molecule has 0 heterocycles. The molecule has 0 aromatic rings. The molecule has 0 aromatic carbocycles. The van der Waals surface area contributed by atoms with Crippen molar-refractivity contribution in [1.29, 1.82) is 0 Å². The molecule has 324 valence electrons. The minimum Gasteiger partial charge on any atom is -0.457 e. The lowest BCUT2D eigenvalue weighted by molar-refractivity contribution is -0.154. The topological polar surface area (TPSA) is 102 Å². The molecule has 0 saturated heterocycles. The lowest BCUT2D eigenvalue weighted by Gasteiger charge is -2.18. The van der Waals surface area contributed by atoms with Crippen LogP contribution in [0.5, 0.6) is 0 Å². The van der Waals surface area contributed by atoms with Crippen LogP contribution in [0.15, 0.2) is 0 Å². The number of hydrogen-bond acceptors (Lipinski definition) is 5. The van der Waals surface area contributed by atoms with E-state index in [2.05, 4.69) is 18.4 Å². The summed E-state index contributed by atoms with van der Waals surface area (Å²) in [7, 11) is -4.65. The number of carbonyl (C=O) groups is 1. The van der Waals surface area contributed by atoms with Crippen molar-refractivity contribution in [1.82, 2.24) is 0 Å². The predicted molar refractivity (Wildman–Crippen MR) is 230 cm³/mol. The van der Waals surface area contributed by atoms with Crippen LogP contribution in [-0.2, 0) is 23.4 Å². The first-order chi connectivity index (χ1) is 26.4. The second kappa shape index (κ2) is 43.7. The molecule has 2 N–H and O–H groups in total. The van der Waals surface area contributed by atoms with Crippen molar-refractivity contribution >= 4 is 13.8 Å². The fraction of sp³-hybridized carbons (Fsp3) is 0.978. The highest BCUT2D eigenvalue weighted by Crippen LogP contribution is 2.36. The van der Waals surface area contributed by atoms with E-state index in [9.17, 15) is 9.36 Å². The number of carbonyl (C=O) groups excluding carboxylic acids is 1. The Morgan fingerprint density at radius 3 is 1.00 bits per heavy atom. The van der Waals surface area contributed by atoms with Gasteiger partial charge in [-0.05, 0) is 12.8 Å². The predicted octanol–water partition coefficient (Wildman–Crippen LogP) is 15.3. The van der Waals surface area contributed by atoms with E-state index in [1.807, 2.05) is 0 Å². The van der Waals surface area contributed by atoms with Gasteiger partial charge in [0.25, 0.3) is 0 Å². The molecule has 54 heavy (non-hydrogen) atoms. The quantitative estimate of drug-likeness (QED) is 0.0360. The Labute approximate surface area is 336 Å². The normalized spacial score (nSPS) is 12.4. The van der Waals surface area contributed by atoms with Crippen LogP contribution in [0.25, 0.3) is 0 Å². The largest absolute Gasteiger partial charge is 0.469 e. The van der Waals surface area contributed by atoms with E-state index in [-0.39, 0.29) is 19.2 Å². The van der Waals surface area contributed by atoms with Crippen molar-refractivity contribution in [3.05, 3.63) is 0 Å². The minimum absolute atomic E-state index is 0.0871. The molecule has 0 unspecified atom stereocenters. The fourth-order valence-corrected chi connectivity index (χ4v) is 7.75. The molecule has 1 atom stereocenters. The van der Waals surface area contributed by atoms with Gasteiger partial charge in [0.1, 0.15) is 6.10 Å². The number of phosphoric acid groups is 1. The minimum atomic E-state index is -4.65. The Hall–Kier alpha value is -0.460. The average molecular weight is 789 g/mol. The van der Waals surface area contributed by atoms with Crippen molar-refractivity contribution in [2.24, 2.45) is 0 Å². The standard InChI is InChI=1S/C46H93O7P/c1-3-5-7-9-11-13-15-17-19-21-22-23-24-25-26-27-29-31-33-35-37-39-41-46(47)53-45(44-52-54(48,49)50)43-51-42-40-38-36-34-32-30-28-20-18-16-14-12-10-8-6-4-2/h45H,3-44H2,1-2H3,(H2,48,49,50)/t45-/m1/s1. The average Bonchev–Trinajstić information content (AvgIpc) is 3.15. The number of unbranched alkanes of at least 4 members (excludes halogenated alkanes) is 36. The first-order valence-electron chi connectivity index (χ1n) is 23.9. The summed E-state index contributed by atoms with van der Waals surface area (Å²) in [6, 6.07) is 0. The molecule has 0 rings (SSSR count). The van der Waals surface area contributed by atoms with Gasteiger partial charge in [0.15, 0.2) is 0 Å². The molecule has 0 aromatic heterocycles. The maximum Gasteiger partial charge on any atom is 0.469 e. The van der Waals surface area contributed by atoms with Crippen molar-refractivity contribution in [2.45, 2.75) is 270 Å². The third-order valence-corrected chi connectivity index (χ3v) is 11.4. The van der Waals surface area contributed by atoms with Crippen LogP contribution in [0, 0.1) is 0 Å². The molecule has 8 heteroatoms. The summed E-state index contributed by atoms with van der Waals surface area (Å²) >= 11 is 0. The highest BCUT2D eigenvalue weighted by molar-refractivity contribution is 7.46. The first kappa shape index (κ1) is 53.5. The molecule has 0 aliphatic heterocycles. The summed E-state index contributed by atoms with van der Waals surface area (Å²) in [5.74, 6) is -0.353. The van der Waals surface area contributed by atoms with E-state index in [1.54, 1.807) is 0 Å². The van der Waals surface area contributed by atoms with E-state index < -0.39 is 13.9 Å². The lowest BCUT2D eigenvalue weighted by Crippen LogP contribution is -2.28. The Morgan fingerprint density at radius 2 is 0.704 bits per heavy atom. The molecule has 0 radical (unpaired) electrons. The molecule has 0 fully saturated rings. The van der Waals surface area contributed by atoms with Crippen molar-refractivity contribution in [3.8, 4) is 0 Å². The maximum absolute atomic E-state index is 12.5. The van der Waals surface area contributed by atoms with Crippen LogP contribution in [0.1, 0.15) is 264 Å². The molecule has 0 bridgehead atoms. The molecule has 7 nitrogen and oxygen atoms in total. The van der Waals surface area contributed by atoms with Gasteiger partial charge in [-0.2, -0.15) is 0 Å². The molecule has 0 amide bonds. The Bertz CT molecular complexity index is 789. The van der Waals surface area contributed by atoms with Gasteiger partial charge in [-0.25, -0.2) is 4.57 Å². The molecular formula is C46H93O7P. The zero-order valence-electron chi connectivity index (χ0n) is 36.2. The Balaban J connectivity index is 3.67. The Morgan fingerprint density at radius 1 is 0.426 bits per heavy atom. The number of ether oxygens (including phenoxy) is 2. The zero-order chi connectivity index (χ0) is 39.5. The van der Waals surface area contributed by atoms with Gasteiger partial charge in [-0.15, -0.1) is 0 Å². The van der Waals surface area contributed by atoms with Gasteiger partial charge >= 0.3 is 13.8 Å². The SMILES string of the molecule is CCCCCCCCCCCCCCCCCCCCCCCCC(=O)O[C@H](COCCCCCCCCCCCCCCCCCC)COP(=O)(O)O. The van der Waals surface area contributed by atoms with Gasteiger partial charge in [0, 0.05) is 13.0 Å². The highest BCUT2D eigenvalue weighted by Gasteiger charge is 2.21. The number of esters is 1. The maximum atomic E-state index is 12.5. The summed E-state index contributed by atoms with van der Waals surface area (Å²) < 4.78 is 27.1. The van der Waals surface area contributed by atoms with Gasteiger partial charge in [0.2, 0.25) is 0 Å². The van der Waals surface area contributed by atoms with E-state index in [4.69, 9.17) is 19.3 Å². The van der Waals surface area contributed by atoms with Crippen LogP contribution in [-0.4, -0.2) is 41.7 Å². The summed E-state index contributed by atoms with van der Waals surface area (Å²) in [5, 5.41) is 0. The highest BCUT2D eigenvalue weighted by atomic mass is 31.2. The van der Waals surface area contributed by atoms with Crippen molar-refractivity contribution in [2.75, 3.05) is 19.8 Å². The van der Waals surface area contributed by atoms with Gasteiger partial charge in [0.05, 0.1) is 13.2 Å². The number of phosphoric ester groups is 1. The van der Waals surface area contributed by atoms with E-state index in [0.717, 1.165) is 32.1 Å². The Kier molecular flexibility index (Phi) is 43.3. The second-order valence-corrected chi connectivity index (χ2v) is 17.7. The summed E-state index contributed by atoms with van der Waals surface area (Å²) in [4.78, 5) is 30.7. The van der Waals surface area contributed by atoms with Crippen LogP contribution in [0.4, 0.5) is 0 Å². The van der Waals surface area contributed by atoms with Gasteiger partial charge in [-0.3, -0.25) is 9.32 Å². The van der Waals surface area contributed by atoms with Crippen molar-refractivity contribution < 1.29 is 33.1 Å². The fourth-order valence-electron chi connectivity index (χ4n) is 7.39. The zero-order valence-corrected chi connectivity index (χ0v) is 37.1. The third kappa shape index (κ3) is 45.9. The monoisotopic (exact) mass is 789 g/mol. The van der Waals surface area contributed by atoms with E-state index >= 15 is 0 Å². The van der Waals surface area contributed by atoms with Crippen LogP contribution in [0.3, 0.4) is 0 Å². The van der Waals surface area contributed by atoms with E-state index in [1.165, 1.54) is 212 Å².